The van der Waals surface area contributed by atoms with E-state index in [1.165, 1.54) is 0 Å². The van der Waals surface area contributed by atoms with Crippen LogP contribution in [0.25, 0.3) is 0 Å². The number of amides is 1. The minimum atomic E-state index is 0.0326. The molecule has 0 fully saturated rings. The fourth-order valence-corrected chi connectivity index (χ4v) is 2.00. The standard InChI is InChI=1S/C12H16BrNO2/c1-4-7-14(2)12(15)9-5-6-11(16-3)10(13)8-9/h5-6,8H,4,7H2,1-3H3. The van der Waals surface area contributed by atoms with Crippen LogP contribution in [0.2, 0.25) is 0 Å². The lowest BCUT2D eigenvalue weighted by atomic mass is 10.2. The molecule has 0 bridgehead atoms. The van der Waals surface area contributed by atoms with Gasteiger partial charge in [0, 0.05) is 19.2 Å². The normalized spacial score (nSPS) is 10.0. The summed E-state index contributed by atoms with van der Waals surface area (Å²) in [5.74, 6) is 0.764. The van der Waals surface area contributed by atoms with Crippen molar-refractivity contribution in [3.63, 3.8) is 0 Å². The Balaban J connectivity index is 2.88. The Morgan fingerprint density at radius 1 is 1.50 bits per heavy atom. The first-order valence-corrected chi connectivity index (χ1v) is 5.98. The number of nitrogens with zero attached hydrogens (tertiary/aromatic N) is 1. The third kappa shape index (κ3) is 2.98. The number of methoxy groups -OCH3 is 1. The van der Waals surface area contributed by atoms with Gasteiger partial charge < -0.3 is 9.64 Å². The number of carbonyl (C=O) groups is 1. The van der Waals surface area contributed by atoms with E-state index in [2.05, 4.69) is 15.9 Å². The Bertz CT molecular complexity index is 379. The van der Waals surface area contributed by atoms with Crippen LogP contribution in [0.3, 0.4) is 0 Å². The summed E-state index contributed by atoms with van der Waals surface area (Å²) in [6.45, 7) is 2.82. The summed E-state index contributed by atoms with van der Waals surface area (Å²) in [4.78, 5) is 13.7. The lowest BCUT2D eigenvalue weighted by molar-refractivity contribution is 0.0795. The van der Waals surface area contributed by atoms with Crippen LogP contribution in [0.1, 0.15) is 23.7 Å². The van der Waals surface area contributed by atoms with Crippen molar-refractivity contribution in [3.05, 3.63) is 28.2 Å². The quantitative estimate of drug-likeness (QED) is 0.851. The second-order valence-corrected chi connectivity index (χ2v) is 4.43. The maximum absolute atomic E-state index is 12.0. The molecule has 0 atom stereocenters. The molecule has 0 radical (unpaired) electrons. The minimum Gasteiger partial charge on any atom is -0.496 e. The fraction of sp³-hybridized carbons (Fsp3) is 0.417. The summed E-state index contributed by atoms with van der Waals surface area (Å²) in [6, 6.07) is 5.35. The van der Waals surface area contributed by atoms with Crippen molar-refractivity contribution in [1.82, 2.24) is 4.90 Å². The molecule has 0 spiro atoms. The van der Waals surface area contributed by atoms with Crippen LogP contribution in [0.5, 0.6) is 5.75 Å². The van der Waals surface area contributed by atoms with Gasteiger partial charge in [0.25, 0.3) is 5.91 Å². The van der Waals surface area contributed by atoms with Crippen LogP contribution >= 0.6 is 15.9 Å². The van der Waals surface area contributed by atoms with E-state index >= 15 is 0 Å². The van der Waals surface area contributed by atoms with Crippen molar-refractivity contribution >= 4 is 21.8 Å². The Kier molecular flexibility index (Phi) is 4.80. The van der Waals surface area contributed by atoms with Gasteiger partial charge in [0.05, 0.1) is 11.6 Å². The van der Waals surface area contributed by atoms with Crippen molar-refractivity contribution in [3.8, 4) is 5.75 Å². The lowest BCUT2D eigenvalue weighted by Crippen LogP contribution is -2.27. The second kappa shape index (κ2) is 5.89. The summed E-state index contributed by atoms with van der Waals surface area (Å²) in [7, 11) is 3.41. The first-order valence-electron chi connectivity index (χ1n) is 5.19. The average molecular weight is 286 g/mol. The first kappa shape index (κ1) is 13.0. The van der Waals surface area contributed by atoms with E-state index in [4.69, 9.17) is 4.74 Å². The molecule has 88 valence electrons. The summed E-state index contributed by atoms with van der Waals surface area (Å²) in [5.41, 5.74) is 0.670. The van der Waals surface area contributed by atoms with Gasteiger partial charge in [-0.25, -0.2) is 0 Å². The number of benzene rings is 1. The fourth-order valence-electron chi connectivity index (χ4n) is 1.46. The summed E-state index contributed by atoms with van der Waals surface area (Å²) < 4.78 is 5.91. The Hall–Kier alpha value is -1.03. The van der Waals surface area contributed by atoms with Gasteiger partial charge in [0.2, 0.25) is 0 Å². The molecule has 0 aromatic heterocycles. The third-order valence-electron chi connectivity index (χ3n) is 2.30. The maximum atomic E-state index is 12.0. The molecule has 1 rings (SSSR count). The first-order chi connectivity index (χ1) is 7.60. The molecular formula is C12H16BrNO2. The topological polar surface area (TPSA) is 29.5 Å². The van der Waals surface area contributed by atoms with Crippen LogP contribution in [0.4, 0.5) is 0 Å². The summed E-state index contributed by atoms with van der Waals surface area (Å²) in [6.07, 6.45) is 0.958. The van der Waals surface area contributed by atoms with Crippen LogP contribution in [-0.2, 0) is 0 Å². The molecule has 1 aromatic carbocycles. The molecule has 16 heavy (non-hydrogen) atoms. The van der Waals surface area contributed by atoms with Crippen molar-refractivity contribution in [2.24, 2.45) is 0 Å². The highest BCUT2D eigenvalue weighted by molar-refractivity contribution is 9.10. The highest BCUT2D eigenvalue weighted by Gasteiger charge is 2.12. The highest BCUT2D eigenvalue weighted by atomic mass is 79.9. The smallest absolute Gasteiger partial charge is 0.253 e. The Morgan fingerprint density at radius 3 is 2.69 bits per heavy atom. The predicted octanol–water partition coefficient (Wildman–Crippen LogP) is 2.94. The largest absolute Gasteiger partial charge is 0.496 e. The molecule has 0 aliphatic rings. The van der Waals surface area contributed by atoms with Crippen molar-refractivity contribution in [2.45, 2.75) is 13.3 Å². The number of hydrogen-bond donors (Lipinski definition) is 0. The van der Waals surface area contributed by atoms with Gasteiger partial charge in [0.1, 0.15) is 5.75 Å². The van der Waals surface area contributed by atoms with E-state index < -0.39 is 0 Å². The van der Waals surface area contributed by atoms with Crippen LogP contribution < -0.4 is 4.74 Å². The van der Waals surface area contributed by atoms with Gasteiger partial charge in [-0.2, -0.15) is 0 Å². The maximum Gasteiger partial charge on any atom is 0.253 e. The van der Waals surface area contributed by atoms with Crippen molar-refractivity contribution in [1.29, 1.82) is 0 Å². The molecule has 0 heterocycles. The van der Waals surface area contributed by atoms with Crippen LogP contribution in [0.15, 0.2) is 22.7 Å². The molecular weight excluding hydrogens is 270 g/mol. The average Bonchev–Trinajstić information content (AvgIpc) is 2.28. The van der Waals surface area contributed by atoms with E-state index in [0.29, 0.717) is 5.56 Å². The van der Waals surface area contributed by atoms with E-state index in [9.17, 15) is 4.79 Å². The zero-order valence-corrected chi connectivity index (χ0v) is 11.4. The van der Waals surface area contributed by atoms with E-state index in [1.54, 1.807) is 30.2 Å². The molecule has 3 nitrogen and oxygen atoms in total. The summed E-state index contributed by atoms with van der Waals surface area (Å²) >= 11 is 3.37. The molecule has 4 heteroatoms. The third-order valence-corrected chi connectivity index (χ3v) is 2.92. The van der Waals surface area contributed by atoms with Crippen LogP contribution in [0, 0.1) is 0 Å². The van der Waals surface area contributed by atoms with Gasteiger partial charge in [-0.3, -0.25) is 4.79 Å². The number of ether oxygens (including phenoxy) is 1. The Labute approximate surface area is 105 Å². The van der Waals surface area contributed by atoms with Gasteiger partial charge in [-0.05, 0) is 40.5 Å². The minimum absolute atomic E-state index is 0.0326. The van der Waals surface area contributed by atoms with Gasteiger partial charge in [0.15, 0.2) is 0 Å². The second-order valence-electron chi connectivity index (χ2n) is 3.58. The van der Waals surface area contributed by atoms with E-state index in [0.717, 1.165) is 23.2 Å². The van der Waals surface area contributed by atoms with Gasteiger partial charge in [-0.15, -0.1) is 0 Å². The lowest BCUT2D eigenvalue weighted by Gasteiger charge is -2.16. The molecule has 0 aliphatic carbocycles. The monoisotopic (exact) mass is 285 g/mol. The number of halogens is 1. The molecule has 0 saturated carbocycles. The molecule has 0 N–H and O–H groups in total. The van der Waals surface area contributed by atoms with Crippen LogP contribution in [-0.4, -0.2) is 31.5 Å². The SMILES string of the molecule is CCCN(C)C(=O)c1ccc(OC)c(Br)c1. The molecule has 1 aromatic rings. The number of rotatable bonds is 4. The zero-order chi connectivity index (χ0) is 12.1. The molecule has 0 aliphatic heterocycles. The molecule has 0 unspecified atom stereocenters. The summed E-state index contributed by atoms with van der Waals surface area (Å²) in [5, 5.41) is 0. The van der Waals surface area contributed by atoms with E-state index in [1.807, 2.05) is 14.0 Å². The number of hydrogen-bond acceptors (Lipinski definition) is 2. The van der Waals surface area contributed by atoms with Gasteiger partial charge in [-0.1, -0.05) is 6.92 Å². The Morgan fingerprint density at radius 2 is 2.19 bits per heavy atom. The van der Waals surface area contributed by atoms with Crippen molar-refractivity contribution in [2.75, 3.05) is 20.7 Å². The number of carbonyl (C=O) groups excluding carboxylic acids is 1. The zero-order valence-electron chi connectivity index (χ0n) is 9.79. The highest BCUT2D eigenvalue weighted by Crippen LogP contribution is 2.25. The van der Waals surface area contributed by atoms with Gasteiger partial charge >= 0.3 is 0 Å². The predicted molar refractivity (Wildman–Crippen MR) is 67.9 cm³/mol. The van der Waals surface area contributed by atoms with Crippen molar-refractivity contribution < 1.29 is 9.53 Å². The van der Waals surface area contributed by atoms with E-state index in [-0.39, 0.29) is 5.91 Å². The molecule has 0 saturated heterocycles. The molecule has 1 amide bonds.